The predicted octanol–water partition coefficient (Wildman–Crippen LogP) is 7.26. The summed E-state index contributed by atoms with van der Waals surface area (Å²) in [5.41, 5.74) is 5.02. The van der Waals surface area contributed by atoms with Gasteiger partial charge in [0.1, 0.15) is 30.5 Å². The van der Waals surface area contributed by atoms with Crippen LogP contribution in [0.25, 0.3) is 0 Å². The van der Waals surface area contributed by atoms with Gasteiger partial charge in [0.2, 0.25) is 0 Å². The molecule has 0 amide bonds. The highest BCUT2D eigenvalue weighted by Gasteiger charge is 2.51. The average molecular weight is 661 g/mol. The molecule has 1 aliphatic rings. The molecule has 1 heterocycles. The van der Waals surface area contributed by atoms with Gasteiger partial charge in [0.05, 0.1) is 39.6 Å². The van der Waals surface area contributed by atoms with Gasteiger partial charge >= 0.3 is 0 Å². The van der Waals surface area contributed by atoms with Crippen molar-refractivity contribution < 1.29 is 33.5 Å². The second-order valence-corrected chi connectivity index (χ2v) is 12.1. The number of aliphatic hydroxyl groups is 1. The van der Waals surface area contributed by atoms with Crippen LogP contribution in [-0.4, -0.2) is 48.5 Å². The van der Waals surface area contributed by atoms with Gasteiger partial charge in [-0.3, -0.25) is 0 Å². The Hall–Kier alpha value is -4.18. The lowest BCUT2D eigenvalue weighted by Gasteiger charge is -2.46. The van der Waals surface area contributed by atoms with E-state index in [-0.39, 0.29) is 13.2 Å². The lowest BCUT2D eigenvalue weighted by Crippen LogP contribution is -2.63. The zero-order valence-electron chi connectivity index (χ0n) is 27.5. The Morgan fingerprint density at radius 1 is 0.449 bits per heavy atom. The van der Waals surface area contributed by atoms with E-state index < -0.39 is 36.8 Å². The molecule has 49 heavy (non-hydrogen) atoms. The van der Waals surface area contributed by atoms with Gasteiger partial charge in [-0.05, 0) is 27.8 Å². The SMILES string of the molecule is OC1O[C@H]([C@H](COCc2ccccc2)OCc2ccccc2)[C@@H](OCc2ccccc2)[C@H](OCc2ccccc2)[C@@H]1OCc1ccccc1. The van der Waals surface area contributed by atoms with Crippen molar-refractivity contribution in [1.29, 1.82) is 0 Å². The summed E-state index contributed by atoms with van der Waals surface area (Å²) in [4.78, 5) is 0. The second-order valence-electron chi connectivity index (χ2n) is 12.1. The monoisotopic (exact) mass is 660 g/mol. The first-order valence-electron chi connectivity index (χ1n) is 16.8. The van der Waals surface area contributed by atoms with Gasteiger partial charge in [-0.15, -0.1) is 0 Å². The van der Waals surface area contributed by atoms with Gasteiger partial charge in [-0.2, -0.15) is 0 Å². The number of hydrogen-bond acceptors (Lipinski definition) is 7. The van der Waals surface area contributed by atoms with E-state index in [1.165, 1.54) is 0 Å². The minimum atomic E-state index is -1.32. The Kier molecular flexibility index (Phi) is 13.1. The first kappa shape index (κ1) is 34.7. The quantitative estimate of drug-likeness (QED) is 0.113. The Morgan fingerprint density at radius 2 is 0.816 bits per heavy atom. The van der Waals surface area contributed by atoms with E-state index in [0.717, 1.165) is 27.8 Å². The van der Waals surface area contributed by atoms with Crippen LogP contribution in [-0.2, 0) is 61.5 Å². The summed E-state index contributed by atoms with van der Waals surface area (Å²) in [5.74, 6) is 0. The van der Waals surface area contributed by atoms with Crippen LogP contribution >= 0.6 is 0 Å². The summed E-state index contributed by atoms with van der Waals surface area (Å²) < 4.78 is 39.1. The van der Waals surface area contributed by atoms with Crippen LogP contribution < -0.4 is 0 Å². The molecule has 6 rings (SSSR count). The standard InChI is InChI=1S/C42H44O7/c43-42-41(48-30-36-24-14-5-15-25-36)40(47-29-35-22-12-4-13-23-35)39(46-28-34-20-10-3-11-21-34)38(49-42)37(45-27-33-18-8-2-9-19-33)31-44-26-32-16-6-1-7-17-32/h1-25,37-43H,26-31H2/t37-,38+,39+,40-,41-,42?/m0/s1. The lowest BCUT2D eigenvalue weighted by atomic mass is 9.94. The van der Waals surface area contributed by atoms with Crippen LogP contribution in [0.15, 0.2) is 152 Å². The molecule has 5 aromatic carbocycles. The average Bonchev–Trinajstić information content (AvgIpc) is 3.16. The van der Waals surface area contributed by atoms with E-state index in [2.05, 4.69) is 0 Å². The van der Waals surface area contributed by atoms with Gasteiger partial charge in [-0.1, -0.05) is 152 Å². The van der Waals surface area contributed by atoms with Crippen molar-refractivity contribution in [2.75, 3.05) is 6.61 Å². The summed E-state index contributed by atoms with van der Waals surface area (Å²) in [6.45, 7) is 1.78. The van der Waals surface area contributed by atoms with E-state index in [1.54, 1.807) is 0 Å². The summed E-state index contributed by atoms with van der Waals surface area (Å²) in [6, 6.07) is 49.7. The highest BCUT2D eigenvalue weighted by atomic mass is 16.7. The first-order chi connectivity index (χ1) is 24.2. The normalized spacial score (nSPS) is 21.3. The van der Waals surface area contributed by atoms with Crippen molar-refractivity contribution in [2.24, 2.45) is 0 Å². The largest absolute Gasteiger partial charge is 0.374 e. The van der Waals surface area contributed by atoms with Crippen molar-refractivity contribution in [1.82, 2.24) is 0 Å². The highest BCUT2D eigenvalue weighted by molar-refractivity contribution is 5.17. The number of hydrogen-bond donors (Lipinski definition) is 1. The van der Waals surface area contributed by atoms with Crippen LogP contribution in [0.5, 0.6) is 0 Å². The molecule has 1 N–H and O–H groups in total. The maximum atomic E-state index is 11.6. The van der Waals surface area contributed by atoms with Crippen LogP contribution in [0.2, 0.25) is 0 Å². The van der Waals surface area contributed by atoms with Crippen molar-refractivity contribution >= 4 is 0 Å². The molecule has 0 saturated carbocycles. The van der Waals surface area contributed by atoms with Crippen LogP contribution in [0.4, 0.5) is 0 Å². The van der Waals surface area contributed by atoms with Gasteiger partial charge in [0, 0.05) is 0 Å². The van der Waals surface area contributed by atoms with E-state index in [0.29, 0.717) is 26.4 Å². The molecule has 0 aromatic heterocycles. The van der Waals surface area contributed by atoms with Gasteiger partial charge < -0.3 is 33.5 Å². The molecule has 5 aromatic rings. The van der Waals surface area contributed by atoms with E-state index in [4.69, 9.17) is 28.4 Å². The summed E-state index contributed by atoms with van der Waals surface area (Å²) in [7, 11) is 0. The van der Waals surface area contributed by atoms with Gasteiger partial charge in [0.15, 0.2) is 6.29 Å². The molecule has 1 fully saturated rings. The van der Waals surface area contributed by atoms with Gasteiger partial charge in [0.25, 0.3) is 0 Å². The Bertz CT molecular complexity index is 1610. The zero-order chi connectivity index (χ0) is 33.5. The Labute approximate surface area is 289 Å². The fourth-order valence-electron chi connectivity index (χ4n) is 5.89. The third-order valence-corrected chi connectivity index (χ3v) is 8.47. The number of aliphatic hydroxyl groups excluding tert-OH is 1. The van der Waals surface area contributed by atoms with Crippen molar-refractivity contribution in [3.63, 3.8) is 0 Å². The molecule has 1 aliphatic heterocycles. The highest BCUT2D eigenvalue weighted by Crippen LogP contribution is 2.32. The van der Waals surface area contributed by atoms with Gasteiger partial charge in [-0.25, -0.2) is 0 Å². The number of rotatable bonds is 17. The third-order valence-electron chi connectivity index (χ3n) is 8.47. The summed E-state index contributed by atoms with van der Waals surface area (Å²) >= 11 is 0. The molecule has 254 valence electrons. The molecule has 0 radical (unpaired) electrons. The second kappa shape index (κ2) is 18.5. The number of ether oxygens (including phenoxy) is 6. The molecule has 6 atom stereocenters. The first-order valence-corrected chi connectivity index (χ1v) is 16.8. The maximum Gasteiger partial charge on any atom is 0.184 e. The molecule has 7 nitrogen and oxygen atoms in total. The molecule has 7 heteroatoms. The van der Waals surface area contributed by atoms with Crippen LogP contribution in [0.1, 0.15) is 27.8 Å². The minimum absolute atomic E-state index is 0.200. The van der Waals surface area contributed by atoms with Crippen molar-refractivity contribution in [2.45, 2.75) is 69.8 Å². The fourth-order valence-corrected chi connectivity index (χ4v) is 5.89. The molecular formula is C42H44O7. The zero-order valence-corrected chi connectivity index (χ0v) is 27.5. The Balaban J connectivity index is 1.30. The summed E-state index contributed by atoms with van der Waals surface area (Å²) in [6.07, 6.45) is -4.93. The molecule has 0 bridgehead atoms. The topological polar surface area (TPSA) is 75.6 Å². The van der Waals surface area contributed by atoms with Crippen molar-refractivity contribution in [3.05, 3.63) is 179 Å². The van der Waals surface area contributed by atoms with E-state index in [1.807, 2.05) is 152 Å². The van der Waals surface area contributed by atoms with E-state index in [9.17, 15) is 5.11 Å². The van der Waals surface area contributed by atoms with Crippen LogP contribution in [0.3, 0.4) is 0 Å². The summed E-state index contributed by atoms with van der Waals surface area (Å²) in [5, 5.41) is 11.6. The fraction of sp³-hybridized carbons (Fsp3) is 0.286. The van der Waals surface area contributed by atoms with E-state index >= 15 is 0 Å². The van der Waals surface area contributed by atoms with Crippen molar-refractivity contribution in [3.8, 4) is 0 Å². The maximum absolute atomic E-state index is 11.6. The van der Waals surface area contributed by atoms with Crippen LogP contribution in [0, 0.1) is 0 Å². The molecule has 1 saturated heterocycles. The molecular weight excluding hydrogens is 616 g/mol. The number of benzene rings is 5. The lowest BCUT2D eigenvalue weighted by molar-refractivity contribution is -0.329. The smallest absolute Gasteiger partial charge is 0.184 e. The molecule has 0 spiro atoms. The molecule has 0 aliphatic carbocycles. The molecule has 1 unspecified atom stereocenters. The Morgan fingerprint density at radius 3 is 1.27 bits per heavy atom. The predicted molar refractivity (Wildman–Crippen MR) is 187 cm³/mol. The minimum Gasteiger partial charge on any atom is -0.374 e. The third kappa shape index (κ3) is 10.4.